The molecule has 0 aliphatic heterocycles. The van der Waals surface area contributed by atoms with Crippen molar-refractivity contribution in [2.24, 2.45) is 0 Å². The summed E-state index contributed by atoms with van der Waals surface area (Å²) in [5, 5.41) is 0. The van der Waals surface area contributed by atoms with Crippen LogP contribution >= 0.6 is 0 Å². The summed E-state index contributed by atoms with van der Waals surface area (Å²) in [7, 11) is -0.785. The van der Waals surface area contributed by atoms with Gasteiger partial charge in [-0.3, -0.25) is 4.31 Å². The van der Waals surface area contributed by atoms with E-state index in [-0.39, 0.29) is 11.3 Å². The molecule has 0 spiro atoms. The molecular formula is C11H14N2O6S. The van der Waals surface area contributed by atoms with Crippen LogP contribution in [0, 0.1) is 0 Å². The summed E-state index contributed by atoms with van der Waals surface area (Å²) in [5.74, 6) is -0.694. The Hall–Kier alpha value is -2.29. The average molecular weight is 302 g/mol. The molecule has 0 radical (unpaired) electrons. The molecule has 0 heterocycles. The third kappa shape index (κ3) is 3.38. The highest BCUT2D eigenvalue weighted by Crippen LogP contribution is 2.21. The summed E-state index contributed by atoms with van der Waals surface area (Å²) >= 11 is 0. The van der Waals surface area contributed by atoms with Crippen LogP contribution in [0.1, 0.15) is 10.4 Å². The summed E-state index contributed by atoms with van der Waals surface area (Å²) in [6.07, 6.45) is -1.13. The van der Waals surface area contributed by atoms with E-state index in [4.69, 9.17) is 0 Å². The Balaban J connectivity index is 3.18. The van der Waals surface area contributed by atoms with Crippen LogP contribution < -0.4 is 9.03 Å². The molecule has 110 valence electrons. The number of ether oxygens (including phenoxy) is 2. The van der Waals surface area contributed by atoms with Crippen molar-refractivity contribution in [3.63, 3.8) is 0 Å². The Morgan fingerprint density at radius 2 is 1.75 bits per heavy atom. The van der Waals surface area contributed by atoms with E-state index in [9.17, 15) is 18.0 Å². The van der Waals surface area contributed by atoms with Crippen molar-refractivity contribution in [2.75, 3.05) is 25.6 Å². The fraction of sp³-hybridized carbons (Fsp3) is 0.273. The van der Waals surface area contributed by atoms with E-state index in [2.05, 4.69) is 9.47 Å². The molecule has 0 fully saturated rings. The fourth-order valence-electron chi connectivity index (χ4n) is 1.38. The van der Waals surface area contributed by atoms with Crippen LogP contribution in [0.4, 0.5) is 10.5 Å². The van der Waals surface area contributed by atoms with Gasteiger partial charge < -0.3 is 9.47 Å². The Morgan fingerprint density at radius 3 is 2.30 bits per heavy atom. The first kappa shape index (κ1) is 15.8. The molecule has 1 aromatic carbocycles. The SMILES string of the molecule is COC(=O)NS(=O)(=O)N(C)c1ccccc1C(=O)OC. The second kappa shape index (κ2) is 6.24. The van der Waals surface area contributed by atoms with E-state index in [0.29, 0.717) is 0 Å². The lowest BCUT2D eigenvalue weighted by molar-refractivity contribution is 0.0601. The first-order valence-electron chi connectivity index (χ1n) is 5.35. The number of hydrogen-bond donors (Lipinski definition) is 1. The number of benzene rings is 1. The number of esters is 1. The van der Waals surface area contributed by atoms with Gasteiger partial charge in [0.05, 0.1) is 25.5 Å². The molecule has 1 rings (SSSR count). The van der Waals surface area contributed by atoms with Crippen molar-refractivity contribution < 1.29 is 27.5 Å². The van der Waals surface area contributed by atoms with Gasteiger partial charge in [-0.1, -0.05) is 12.1 Å². The molecule has 1 amide bonds. The van der Waals surface area contributed by atoms with Crippen LogP contribution in [-0.2, 0) is 19.7 Å². The number of hydrogen-bond acceptors (Lipinski definition) is 6. The number of para-hydroxylation sites is 1. The van der Waals surface area contributed by atoms with Gasteiger partial charge in [0.2, 0.25) is 0 Å². The summed E-state index contributed by atoms with van der Waals surface area (Å²) in [6, 6.07) is 5.92. The van der Waals surface area contributed by atoms with Gasteiger partial charge in [-0.25, -0.2) is 14.3 Å². The monoisotopic (exact) mass is 302 g/mol. The van der Waals surface area contributed by atoms with Gasteiger partial charge in [0.15, 0.2) is 0 Å². The average Bonchev–Trinajstić information content (AvgIpc) is 2.44. The van der Waals surface area contributed by atoms with Crippen molar-refractivity contribution in [2.45, 2.75) is 0 Å². The predicted octanol–water partition coefficient (Wildman–Crippen LogP) is 0.510. The molecule has 1 N–H and O–H groups in total. The van der Waals surface area contributed by atoms with Crippen molar-refractivity contribution in [1.29, 1.82) is 0 Å². The molecule has 0 aromatic heterocycles. The van der Waals surface area contributed by atoms with Gasteiger partial charge in [0.1, 0.15) is 0 Å². The maximum Gasteiger partial charge on any atom is 0.422 e. The number of methoxy groups -OCH3 is 2. The molecule has 0 unspecified atom stereocenters. The molecule has 9 heteroatoms. The topological polar surface area (TPSA) is 102 Å². The minimum absolute atomic E-state index is 0.0488. The minimum Gasteiger partial charge on any atom is -0.465 e. The zero-order chi connectivity index (χ0) is 15.3. The van der Waals surface area contributed by atoms with Crippen LogP contribution in [0.5, 0.6) is 0 Å². The van der Waals surface area contributed by atoms with Crippen molar-refractivity contribution in [3.05, 3.63) is 29.8 Å². The molecule has 8 nitrogen and oxygen atoms in total. The zero-order valence-corrected chi connectivity index (χ0v) is 11.9. The minimum atomic E-state index is -4.19. The highest BCUT2D eigenvalue weighted by Gasteiger charge is 2.25. The lowest BCUT2D eigenvalue weighted by Crippen LogP contribution is -2.42. The number of nitrogens with one attached hydrogen (secondary N) is 1. The van der Waals surface area contributed by atoms with Crippen LogP contribution in [0.3, 0.4) is 0 Å². The Labute approximate surface area is 116 Å². The van der Waals surface area contributed by atoms with E-state index >= 15 is 0 Å². The van der Waals surface area contributed by atoms with Gasteiger partial charge >= 0.3 is 22.3 Å². The zero-order valence-electron chi connectivity index (χ0n) is 11.1. The number of amides is 1. The summed E-state index contributed by atoms with van der Waals surface area (Å²) in [4.78, 5) is 22.6. The fourth-order valence-corrected chi connectivity index (χ4v) is 2.22. The van der Waals surface area contributed by atoms with Crippen LogP contribution in [0.2, 0.25) is 0 Å². The number of nitrogens with zero attached hydrogens (tertiary/aromatic N) is 1. The third-order valence-corrected chi connectivity index (χ3v) is 3.75. The number of carbonyl (C=O) groups is 2. The highest BCUT2D eigenvalue weighted by atomic mass is 32.2. The van der Waals surface area contributed by atoms with Crippen molar-refractivity contribution in [1.82, 2.24) is 4.72 Å². The Morgan fingerprint density at radius 1 is 1.15 bits per heavy atom. The van der Waals surface area contributed by atoms with Gasteiger partial charge in [-0.2, -0.15) is 8.42 Å². The van der Waals surface area contributed by atoms with Gasteiger partial charge in [0, 0.05) is 7.05 Å². The number of carbonyl (C=O) groups excluding carboxylic acids is 2. The van der Waals surface area contributed by atoms with E-state index in [1.165, 1.54) is 26.3 Å². The maximum atomic E-state index is 11.9. The smallest absolute Gasteiger partial charge is 0.422 e. The van der Waals surface area contributed by atoms with Gasteiger partial charge in [-0.05, 0) is 12.1 Å². The first-order chi connectivity index (χ1) is 9.33. The van der Waals surface area contributed by atoms with Crippen LogP contribution in [0.25, 0.3) is 0 Å². The molecular weight excluding hydrogens is 288 g/mol. The predicted molar refractivity (Wildman–Crippen MR) is 70.6 cm³/mol. The van der Waals surface area contributed by atoms with E-state index in [0.717, 1.165) is 11.4 Å². The number of rotatable bonds is 4. The molecule has 20 heavy (non-hydrogen) atoms. The number of anilines is 1. The Kier molecular flexibility index (Phi) is 4.92. The van der Waals surface area contributed by atoms with Crippen LogP contribution in [-0.4, -0.2) is 41.7 Å². The molecule has 0 aliphatic carbocycles. The van der Waals surface area contributed by atoms with E-state index in [1.807, 2.05) is 0 Å². The summed E-state index contributed by atoms with van der Waals surface area (Å²) in [6.45, 7) is 0. The Bertz CT molecular complexity index is 613. The lowest BCUT2D eigenvalue weighted by atomic mass is 10.2. The highest BCUT2D eigenvalue weighted by molar-refractivity contribution is 7.91. The second-order valence-corrected chi connectivity index (χ2v) is 5.28. The molecule has 1 aromatic rings. The molecule has 0 bridgehead atoms. The molecule has 0 saturated carbocycles. The maximum absolute atomic E-state index is 11.9. The summed E-state index contributed by atoms with van der Waals surface area (Å²) in [5.41, 5.74) is 0.114. The molecule has 0 atom stereocenters. The quantitative estimate of drug-likeness (QED) is 0.813. The van der Waals surface area contributed by atoms with E-state index < -0.39 is 22.3 Å². The normalized spacial score (nSPS) is 10.6. The summed E-state index contributed by atoms with van der Waals surface area (Å²) < 4.78 is 35.1. The van der Waals surface area contributed by atoms with Crippen molar-refractivity contribution >= 4 is 28.0 Å². The second-order valence-electron chi connectivity index (χ2n) is 3.57. The lowest BCUT2D eigenvalue weighted by Gasteiger charge is -2.21. The van der Waals surface area contributed by atoms with Gasteiger partial charge in [0.25, 0.3) is 0 Å². The first-order valence-corrected chi connectivity index (χ1v) is 6.79. The molecule has 0 aliphatic rings. The van der Waals surface area contributed by atoms with Crippen LogP contribution in [0.15, 0.2) is 24.3 Å². The largest absolute Gasteiger partial charge is 0.465 e. The van der Waals surface area contributed by atoms with Crippen molar-refractivity contribution in [3.8, 4) is 0 Å². The standard InChI is InChI=1S/C11H14N2O6S/c1-13(20(16,17)12-11(15)19-3)9-7-5-4-6-8(9)10(14)18-2/h4-7H,1-3H3,(H,12,15). The van der Waals surface area contributed by atoms with E-state index in [1.54, 1.807) is 16.9 Å². The molecule has 0 saturated heterocycles. The van der Waals surface area contributed by atoms with Gasteiger partial charge in [-0.15, -0.1) is 0 Å². The third-order valence-electron chi connectivity index (χ3n) is 2.41.